The van der Waals surface area contributed by atoms with E-state index in [9.17, 15) is 0 Å². The molecule has 0 N–H and O–H groups in total. The summed E-state index contributed by atoms with van der Waals surface area (Å²) in [7, 11) is 0. The van der Waals surface area contributed by atoms with Crippen molar-refractivity contribution in [3.63, 3.8) is 0 Å². The standard InChI is InChI=1S/C10H20S/c1-8(2)7-10(9(3)4)5-6-11-10/h8-9H,5-7H2,1-4H3. The summed E-state index contributed by atoms with van der Waals surface area (Å²) in [5.41, 5.74) is 0. The zero-order valence-corrected chi connectivity index (χ0v) is 9.00. The van der Waals surface area contributed by atoms with Gasteiger partial charge in [-0.25, -0.2) is 0 Å². The maximum atomic E-state index is 2.37. The van der Waals surface area contributed by atoms with E-state index in [1.807, 2.05) is 0 Å². The fourth-order valence-corrected chi connectivity index (χ4v) is 3.42. The monoisotopic (exact) mass is 172 g/mol. The Morgan fingerprint density at radius 2 is 1.82 bits per heavy atom. The highest BCUT2D eigenvalue weighted by Crippen LogP contribution is 2.50. The third-order valence-electron chi connectivity index (χ3n) is 2.72. The minimum Gasteiger partial charge on any atom is -0.155 e. The first-order chi connectivity index (χ1) is 5.07. The van der Waals surface area contributed by atoms with Gasteiger partial charge in [0.25, 0.3) is 0 Å². The first-order valence-corrected chi connectivity index (χ1v) is 5.69. The largest absolute Gasteiger partial charge is 0.155 e. The predicted molar refractivity (Wildman–Crippen MR) is 54.1 cm³/mol. The fraction of sp³-hybridized carbons (Fsp3) is 1.00. The van der Waals surface area contributed by atoms with Gasteiger partial charge in [0.2, 0.25) is 0 Å². The highest BCUT2D eigenvalue weighted by molar-refractivity contribution is 8.02. The van der Waals surface area contributed by atoms with E-state index in [0.29, 0.717) is 4.75 Å². The van der Waals surface area contributed by atoms with E-state index in [1.54, 1.807) is 0 Å². The van der Waals surface area contributed by atoms with Crippen LogP contribution in [-0.4, -0.2) is 10.5 Å². The molecule has 0 radical (unpaired) electrons. The zero-order chi connectivity index (χ0) is 8.48. The van der Waals surface area contributed by atoms with Crippen LogP contribution in [0.1, 0.15) is 40.5 Å². The van der Waals surface area contributed by atoms with Crippen LogP contribution in [0.2, 0.25) is 0 Å². The predicted octanol–water partition coefficient (Wildman–Crippen LogP) is 3.56. The lowest BCUT2D eigenvalue weighted by Crippen LogP contribution is -2.41. The maximum absolute atomic E-state index is 2.37. The van der Waals surface area contributed by atoms with Crippen molar-refractivity contribution in [2.45, 2.75) is 45.3 Å². The van der Waals surface area contributed by atoms with Crippen LogP contribution in [0.4, 0.5) is 0 Å². The fourth-order valence-electron chi connectivity index (χ4n) is 1.91. The first-order valence-electron chi connectivity index (χ1n) is 4.71. The molecule has 0 aromatic rings. The summed E-state index contributed by atoms with van der Waals surface area (Å²) in [6.45, 7) is 9.41. The number of hydrogen-bond donors (Lipinski definition) is 0. The van der Waals surface area contributed by atoms with E-state index in [2.05, 4.69) is 39.5 Å². The van der Waals surface area contributed by atoms with Crippen LogP contribution in [0.5, 0.6) is 0 Å². The molecule has 0 saturated carbocycles. The minimum absolute atomic E-state index is 0.661. The average Bonchev–Trinajstić information content (AvgIpc) is 1.77. The molecule has 0 bridgehead atoms. The summed E-state index contributed by atoms with van der Waals surface area (Å²) in [6.07, 6.45) is 2.86. The summed E-state index contributed by atoms with van der Waals surface area (Å²) < 4.78 is 0.661. The van der Waals surface area contributed by atoms with Crippen LogP contribution in [0, 0.1) is 11.8 Å². The second kappa shape index (κ2) is 3.38. The molecule has 1 saturated heterocycles. The lowest BCUT2D eigenvalue weighted by atomic mass is 9.84. The molecule has 1 atom stereocenters. The second-order valence-electron chi connectivity index (χ2n) is 4.42. The van der Waals surface area contributed by atoms with Crippen LogP contribution in [0.25, 0.3) is 0 Å². The van der Waals surface area contributed by atoms with Crippen molar-refractivity contribution < 1.29 is 0 Å². The van der Waals surface area contributed by atoms with Gasteiger partial charge >= 0.3 is 0 Å². The topological polar surface area (TPSA) is 0 Å². The normalized spacial score (nSPS) is 31.1. The maximum Gasteiger partial charge on any atom is 0.0193 e. The van der Waals surface area contributed by atoms with Gasteiger partial charge in [0.05, 0.1) is 0 Å². The molecule has 1 aliphatic rings. The molecule has 66 valence electrons. The van der Waals surface area contributed by atoms with Crippen LogP contribution in [0.15, 0.2) is 0 Å². The minimum atomic E-state index is 0.661. The van der Waals surface area contributed by atoms with E-state index in [1.165, 1.54) is 18.6 Å². The molecule has 11 heavy (non-hydrogen) atoms. The highest BCUT2D eigenvalue weighted by Gasteiger charge is 2.40. The van der Waals surface area contributed by atoms with E-state index >= 15 is 0 Å². The molecule has 1 heterocycles. The summed E-state index contributed by atoms with van der Waals surface area (Å²) >= 11 is 2.19. The molecule has 1 rings (SSSR count). The zero-order valence-electron chi connectivity index (χ0n) is 8.18. The van der Waals surface area contributed by atoms with Crippen molar-refractivity contribution >= 4 is 11.8 Å². The van der Waals surface area contributed by atoms with Crippen molar-refractivity contribution in [2.24, 2.45) is 11.8 Å². The highest BCUT2D eigenvalue weighted by atomic mass is 32.2. The Morgan fingerprint density at radius 1 is 1.27 bits per heavy atom. The molecule has 1 aliphatic heterocycles. The molecule has 0 spiro atoms. The molecule has 1 unspecified atom stereocenters. The van der Waals surface area contributed by atoms with Gasteiger partial charge in [-0.1, -0.05) is 27.7 Å². The van der Waals surface area contributed by atoms with Crippen molar-refractivity contribution in [1.29, 1.82) is 0 Å². The van der Waals surface area contributed by atoms with Crippen molar-refractivity contribution in [2.75, 3.05) is 5.75 Å². The number of hydrogen-bond acceptors (Lipinski definition) is 1. The Labute approximate surface area is 75.1 Å². The lowest BCUT2D eigenvalue weighted by Gasteiger charge is -2.46. The van der Waals surface area contributed by atoms with Gasteiger partial charge in [-0.15, -0.1) is 0 Å². The quantitative estimate of drug-likeness (QED) is 0.627. The van der Waals surface area contributed by atoms with E-state index in [-0.39, 0.29) is 0 Å². The molecular weight excluding hydrogens is 152 g/mol. The summed E-state index contributed by atoms with van der Waals surface area (Å²) in [5.74, 6) is 3.12. The van der Waals surface area contributed by atoms with Gasteiger partial charge in [-0.2, -0.15) is 11.8 Å². The van der Waals surface area contributed by atoms with Gasteiger partial charge in [-0.05, 0) is 30.4 Å². The first kappa shape index (κ1) is 9.44. The number of rotatable bonds is 3. The van der Waals surface area contributed by atoms with Crippen molar-refractivity contribution in [3.8, 4) is 0 Å². The Hall–Kier alpha value is 0.350. The Morgan fingerprint density at radius 3 is 1.91 bits per heavy atom. The van der Waals surface area contributed by atoms with Gasteiger partial charge < -0.3 is 0 Å². The van der Waals surface area contributed by atoms with Gasteiger partial charge in [0.1, 0.15) is 0 Å². The molecule has 0 aromatic heterocycles. The smallest absolute Gasteiger partial charge is 0.0193 e. The molecule has 1 heteroatoms. The van der Waals surface area contributed by atoms with E-state index in [4.69, 9.17) is 0 Å². The molecule has 0 aromatic carbocycles. The summed E-state index contributed by atoms with van der Waals surface area (Å²) in [6, 6.07) is 0. The molecular formula is C10H20S. The van der Waals surface area contributed by atoms with Crippen LogP contribution >= 0.6 is 11.8 Å². The second-order valence-corrected chi connectivity index (χ2v) is 5.93. The SMILES string of the molecule is CC(C)CC1(C(C)C)CCS1. The van der Waals surface area contributed by atoms with Gasteiger partial charge in [0, 0.05) is 4.75 Å². The third-order valence-corrected chi connectivity index (χ3v) is 4.55. The Bertz CT molecular complexity index is 123. The molecule has 0 aliphatic carbocycles. The van der Waals surface area contributed by atoms with Crippen molar-refractivity contribution in [1.82, 2.24) is 0 Å². The van der Waals surface area contributed by atoms with Crippen LogP contribution in [-0.2, 0) is 0 Å². The molecule has 1 fully saturated rings. The number of thioether (sulfide) groups is 1. The molecule has 0 nitrogen and oxygen atoms in total. The summed E-state index contributed by atoms with van der Waals surface area (Å²) in [5, 5.41) is 0. The van der Waals surface area contributed by atoms with Crippen LogP contribution < -0.4 is 0 Å². The Balaban J connectivity index is 2.47. The van der Waals surface area contributed by atoms with Crippen molar-refractivity contribution in [3.05, 3.63) is 0 Å². The Kier molecular flexibility index (Phi) is 2.90. The molecule has 0 amide bonds. The third kappa shape index (κ3) is 1.93. The van der Waals surface area contributed by atoms with E-state index in [0.717, 1.165) is 11.8 Å². The summed E-state index contributed by atoms with van der Waals surface area (Å²) in [4.78, 5) is 0. The van der Waals surface area contributed by atoms with E-state index < -0.39 is 0 Å². The van der Waals surface area contributed by atoms with Crippen LogP contribution in [0.3, 0.4) is 0 Å². The average molecular weight is 172 g/mol. The lowest BCUT2D eigenvalue weighted by molar-refractivity contribution is 0.334. The van der Waals surface area contributed by atoms with Gasteiger partial charge in [-0.3, -0.25) is 0 Å². The van der Waals surface area contributed by atoms with Gasteiger partial charge in [0.15, 0.2) is 0 Å².